The van der Waals surface area contributed by atoms with Gasteiger partial charge in [0, 0.05) is 18.3 Å². The second-order valence-corrected chi connectivity index (χ2v) is 5.75. The van der Waals surface area contributed by atoms with Crippen LogP contribution in [-0.4, -0.2) is 35.2 Å². The van der Waals surface area contributed by atoms with E-state index in [-0.39, 0.29) is 6.61 Å². The summed E-state index contributed by atoms with van der Waals surface area (Å²) >= 11 is 0. The van der Waals surface area contributed by atoms with Gasteiger partial charge in [0.05, 0.1) is 20.4 Å². The maximum absolute atomic E-state index is 5.91. The Morgan fingerprint density at radius 2 is 1.96 bits per heavy atom. The Bertz CT molecular complexity index is 694. The van der Waals surface area contributed by atoms with Crippen LogP contribution in [0.2, 0.25) is 0 Å². The first-order valence-corrected chi connectivity index (χ1v) is 8.37. The molecule has 1 N–H and O–H groups in total. The number of hydrogen-bond acceptors (Lipinski definition) is 7. The molecule has 0 spiro atoms. The molecule has 0 radical (unpaired) electrons. The highest BCUT2D eigenvalue weighted by atomic mass is 16.5. The molecule has 0 saturated carbocycles. The zero-order valence-electron chi connectivity index (χ0n) is 15.5. The number of rotatable bonds is 9. The first-order valence-electron chi connectivity index (χ1n) is 8.37. The van der Waals surface area contributed by atoms with E-state index >= 15 is 0 Å². The van der Waals surface area contributed by atoms with Gasteiger partial charge < -0.3 is 19.5 Å². The zero-order chi connectivity index (χ0) is 18.2. The lowest BCUT2D eigenvalue weighted by atomic mass is 10.2. The molecule has 0 bridgehead atoms. The maximum atomic E-state index is 5.91. The average Bonchev–Trinajstić information content (AvgIpc) is 2.60. The highest BCUT2D eigenvalue weighted by Crippen LogP contribution is 2.30. The third kappa shape index (κ3) is 4.95. The average molecular weight is 346 g/mol. The van der Waals surface area contributed by atoms with Gasteiger partial charge in [0.15, 0.2) is 23.1 Å². The molecule has 2 aromatic heterocycles. The third-order valence-corrected chi connectivity index (χ3v) is 3.71. The number of nitrogens with zero attached hydrogens (tertiary/aromatic N) is 3. The van der Waals surface area contributed by atoms with E-state index in [9.17, 15) is 0 Å². The molecule has 136 valence electrons. The summed E-state index contributed by atoms with van der Waals surface area (Å²) in [7, 11) is 3.17. The minimum atomic E-state index is 0.226. The Morgan fingerprint density at radius 1 is 1.16 bits per heavy atom. The highest BCUT2D eigenvalue weighted by molar-refractivity contribution is 5.49. The van der Waals surface area contributed by atoms with Crippen molar-refractivity contribution in [2.75, 3.05) is 19.5 Å². The van der Waals surface area contributed by atoms with Gasteiger partial charge >= 0.3 is 0 Å². The van der Waals surface area contributed by atoms with Gasteiger partial charge in [0.2, 0.25) is 0 Å². The predicted molar refractivity (Wildman–Crippen MR) is 96.4 cm³/mol. The first-order chi connectivity index (χ1) is 12.1. The maximum Gasteiger partial charge on any atom is 0.185 e. The van der Waals surface area contributed by atoms with Gasteiger partial charge in [-0.3, -0.25) is 4.98 Å². The fourth-order valence-electron chi connectivity index (χ4n) is 2.51. The number of ether oxygens (including phenoxy) is 3. The summed E-state index contributed by atoms with van der Waals surface area (Å²) in [5.41, 5.74) is 0.648. The van der Waals surface area contributed by atoms with Crippen LogP contribution in [0.15, 0.2) is 18.5 Å². The lowest BCUT2D eigenvalue weighted by Crippen LogP contribution is -2.17. The van der Waals surface area contributed by atoms with Crippen molar-refractivity contribution in [2.45, 2.75) is 46.3 Å². The second-order valence-electron chi connectivity index (χ2n) is 5.75. The Balaban J connectivity index is 2.18. The second kappa shape index (κ2) is 9.05. The smallest absolute Gasteiger partial charge is 0.185 e. The molecule has 2 heterocycles. The molecule has 0 saturated heterocycles. The van der Waals surface area contributed by atoms with E-state index in [4.69, 9.17) is 14.2 Å². The van der Waals surface area contributed by atoms with Crippen molar-refractivity contribution >= 4 is 5.82 Å². The number of methoxy groups -OCH3 is 2. The molecule has 2 aromatic rings. The number of pyridine rings is 1. The summed E-state index contributed by atoms with van der Waals surface area (Å²) in [5.74, 6) is 3.14. The fourth-order valence-corrected chi connectivity index (χ4v) is 2.51. The molecule has 7 heteroatoms. The van der Waals surface area contributed by atoms with Gasteiger partial charge in [-0.25, -0.2) is 9.97 Å². The summed E-state index contributed by atoms with van der Waals surface area (Å²) in [5, 5.41) is 3.39. The molecule has 0 aliphatic heterocycles. The predicted octanol–water partition coefficient (Wildman–Crippen LogP) is 3.38. The van der Waals surface area contributed by atoms with Crippen LogP contribution in [0.1, 0.15) is 38.2 Å². The lowest BCUT2D eigenvalue weighted by Gasteiger charge is -2.17. The van der Waals surface area contributed by atoms with Crippen LogP contribution < -0.4 is 19.5 Å². The van der Waals surface area contributed by atoms with E-state index < -0.39 is 0 Å². The fraction of sp³-hybridized carbons (Fsp3) is 0.500. The van der Waals surface area contributed by atoms with E-state index in [0.717, 1.165) is 12.8 Å². The first kappa shape index (κ1) is 18.8. The van der Waals surface area contributed by atoms with Crippen molar-refractivity contribution in [2.24, 2.45) is 0 Å². The van der Waals surface area contributed by atoms with Crippen molar-refractivity contribution in [1.29, 1.82) is 0 Å². The standard InChI is InChI=1S/C18H26N4O3/c1-6-7-12(2)21-18-16(10-20-13(3)22-18)25-11-14-17(24-5)15(23-4)8-9-19-14/h8-10,12H,6-7,11H2,1-5H3,(H,20,21,22). The minimum Gasteiger partial charge on any atom is -0.493 e. The Hall–Kier alpha value is -2.57. The number of aryl methyl sites for hydroxylation is 1. The van der Waals surface area contributed by atoms with Crippen LogP contribution in [0.3, 0.4) is 0 Å². The van der Waals surface area contributed by atoms with Crippen molar-refractivity contribution in [1.82, 2.24) is 15.0 Å². The highest BCUT2D eigenvalue weighted by Gasteiger charge is 2.14. The summed E-state index contributed by atoms with van der Waals surface area (Å²) in [4.78, 5) is 13.0. The van der Waals surface area contributed by atoms with Crippen LogP contribution in [0.5, 0.6) is 17.2 Å². The largest absolute Gasteiger partial charge is 0.493 e. The zero-order valence-corrected chi connectivity index (χ0v) is 15.5. The van der Waals surface area contributed by atoms with Gasteiger partial charge in [-0.2, -0.15) is 0 Å². The van der Waals surface area contributed by atoms with Crippen LogP contribution in [-0.2, 0) is 6.61 Å². The number of hydrogen-bond donors (Lipinski definition) is 1. The molecule has 7 nitrogen and oxygen atoms in total. The monoisotopic (exact) mass is 346 g/mol. The quantitative estimate of drug-likeness (QED) is 0.745. The molecule has 0 aromatic carbocycles. The van der Waals surface area contributed by atoms with Gasteiger partial charge in [-0.1, -0.05) is 13.3 Å². The van der Waals surface area contributed by atoms with Gasteiger partial charge in [0.1, 0.15) is 18.1 Å². The lowest BCUT2D eigenvalue weighted by molar-refractivity contribution is 0.284. The van der Waals surface area contributed by atoms with Crippen molar-refractivity contribution in [3.05, 3.63) is 30.0 Å². The summed E-state index contributed by atoms with van der Waals surface area (Å²) in [6.45, 7) is 6.36. The van der Waals surface area contributed by atoms with Crippen LogP contribution in [0, 0.1) is 6.92 Å². The van der Waals surface area contributed by atoms with Crippen molar-refractivity contribution < 1.29 is 14.2 Å². The van der Waals surface area contributed by atoms with E-state index in [1.54, 1.807) is 32.7 Å². The summed E-state index contributed by atoms with van der Waals surface area (Å²) < 4.78 is 16.6. The van der Waals surface area contributed by atoms with Gasteiger partial charge in [-0.05, 0) is 20.3 Å². The molecule has 1 atom stereocenters. The van der Waals surface area contributed by atoms with Crippen molar-refractivity contribution in [3.63, 3.8) is 0 Å². The Kier molecular flexibility index (Phi) is 6.80. The molecule has 0 fully saturated rings. The summed E-state index contributed by atoms with van der Waals surface area (Å²) in [6.07, 6.45) is 5.48. The molecule has 25 heavy (non-hydrogen) atoms. The molecule has 0 aliphatic carbocycles. The van der Waals surface area contributed by atoms with Crippen molar-refractivity contribution in [3.8, 4) is 17.2 Å². The third-order valence-electron chi connectivity index (χ3n) is 3.71. The van der Waals surface area contributed by atoms with E-state index in [1.807, 2.05) is 6.92 Å². The van der Waals surface area contributed by atoms with E-state index in [2.05, 4.69) is 34.1 Å². The number of aromatic nitrogens is 3. The molecular weight excluding hydrogens is 320 g/mol. The summed E-state index contributed by atoms with van der Waals surface area (Å²) in [6, 6.07) is 2.04. The minimum absolute atomic E-state index is 0.226. The van der Waals surface area contributed by atoms with Crippen LogP contribution in [0.25, 0.3) is 0 Å². The molecule has 1 unspecified atom stereocenters. The SMILES string of the molecule is CCCC(C)Nc1nc(C)ncc1OCc1nccc(OC)c1OC. The number of anilines is 1. The normalized spacial score (nSPS) is 11.7. The molecule has 0 aliphatic rings. The Morgan fingerprint density at radius 3 is 2.64 bits per heavy atom. The molecule has 2 rings (SSSR count). The Labute approximate surface area is 148 Å². The van der Waals surface area contributed by atoms with Gasteiger partial charge in [0.25, 0.3) is 0 Å². The van der Waals surface area contributed by atoms with Crippen LogP contribution in [0.4, 0.5) is 5.82 Å². The van der Waals surface area contributed by atoms with Gasteiger partial charge in [-0.15, -0.1) is 0 Å². The van der Waals surface area contributed by atoms with E-state index in [0.29, 0.717) is 40.6 Å². The molecular formula is C18H26N4O3. The topological polar surface area (TPSA) is 78.4 Å². The number of nitrogens with one attached hydrogen (secondary N) is 1. The van der Waals surface area contributed by atoms with E-state index in [1.165, 1.54) is 0 Å². The molecule has 0 amide bonds. The van der Waals surface area contributed by atoms with Crippen LogP contribution >= 0.6 is 0 Å².